The zero-order chi connectivity index (χ0) is 12.3. The van der Waals surface area contributed by atoms with Crippen molar-refractivity contribution in [3.8, 4) is 0 Å². The molecule has 0 unspecified atom stereocenters. The molecule has 0 saturated carbocycles. The zero-order valence-corrected chi connectivity index (χ0v) is 9.22. The Hall–Kier alpha value is -2.18. The van der Waals surface area contributed by atoms with Crippen LogP contribution < -0.4 is 11.2 Å². The number of carbonyl (C=O) groups excluding carboxylic acids is 1. The summed E-state index contributed by atoms with van der Waals surface area (Å²) >= 11 is 0. The number of aromatic amines is 1. The highest BCUT2D eigenvalue weighted by Crippen LogP contribution is 1.97. The van der Waals surface area contributed by atoms with E-state index in [-0.39, 0.29) is 11.2 Å². The third kappa shape index (κ3) is 1.79. The molecule has 0 saturated heterocycles. The van der Waals surface area contributed by atoms with Crippen LogP contribution in [0.2, 0.25) is 0 Å². The van der Waals surface area contributed by atoms with Crippen LogP contribution in [0, 0.1) is 0 Å². The van der Waals surface area contributed by atoms with Crippen LogP contribution in [0.25, 0.3) is 11.2 Å². The summed E-state index contributed by atoms with van der Waals surface area (Å²) in [5.41, 5.74) is 0.0119. The van der Waals surface area contributed by atoms with Crippen molar-refractivity contribution >= 4 is 17.5 Å². The number of nitrogens with zero attached hydrogens (tertiary/aromatic N) is 3. The van der Waals surface area contributed by atoms with Crippen molar-refractivity contribution in [2.75, 3.05) is 0 Å². The predicted octanol–water partition coefficient (Wildman–Crippen LogP) is -0.835. The van der Waals surface area contributed by atoms with Gasteiger partial charge in [-0.05, 0) is 6.92 Å². The summed E-state index contributed by atoms with van der Waals surface area (Å²) in [5, 5.41) is 0. The summed E-state index contributed by atoms with van der Waals surface area (Å²) in [6.07, 6.45) is 2.14. The molecule has 86 valence electrons. The Kier molecular flexibility index (Phi) is 3.39. The molecular weight excluding hydrogens is 212 g/mol. The highest BCUT2D eigenvalue weighted by atomic mass is 16.2. The number of H-pyrrole nitrogens is 1. The van der Waals surface area contributed by atoms with Crippen molar-refractivity contribution < 1.29 is 4.79 Å². The minimum absolute atomic E-state index is 0.351. The monoisotopic (exact) mass is 224 g/mol. The maximum absolute atomic E-state index is 11.4. The van der Waals surface area contributed by atoms with Crippen LogP contribution in [0.3, 0.4) is 0 Å². The van der Waals surface area contributed by atoms with E-state index >= 15 is 0 Å². The highest BCUT2D eigenvalue weighted by molar-refractivity contribution is 5.68. The minimum atomic E-state index is -0.371. The number of fused-ring (bicyclic) bond motifs is 1. The molecule has 2 aromatic heterocycles. The number of aryl methyl sites for hydroxylation is 1. The average Bonchev–Trinajstić information content (AvgIpc) is 2.73. The fourth-order valence-corrected chi connectivity index (χ4v) is 1.27. The molecule has 0 fully saturated rings. The second kappa shape index (κ2) is 4.56. The predicted molar refractivity (Wildman–Crippen MR) is 58.3 cm³/mol. The van der Waals surface area contributed by atoms with E-state index in [1.807, 2.05) is 0 Å². The Balaban J connectivity index is 0.000000386. The number of nitrogens with one attached hydrogen (secondary N) is 1. The highest BCUT2D eigenvalue weighted by Gasteiger charge is 2.08. The van der Waals surface area contributed by atoms with E-state index in [4.69, 9.17) is 4.79 Å². The summed E-state index contributed by atoms with van der Waals surface area (Å²) in [6.45, 7) is 1.44. The van der Waals surface area contributed by atoms with Crippen molar-refractivity contribution in [3.63, 3.8) is 0 Å². The molecule has 2 aromatic rings. The van der Waals surface area contributed by atoms with Gasteiger partial charge < -0.3 is 9.78 Å². The molecule has 0 atom stereocenters. The normalized spacial score (nSPS) is 9.69. The van der Waals surface area contributed by atoms with Gasteiger partial charge in [-0.25, -0.2) is 9.78 Å². The minimum Gasteiger partial charge on any atom is -0.339 e. The Morgan fingerprint density at radius 1 is 1.31 bits per heavy atom. The third-order valence-electron chi connectivity index (χ3n) is 2.03. The average molecular weight is 224 g/mol. The standard InChI is InChI=1S/C7H8N4O2.C2H4O/c1-10-5-4(8-3-9-5)6(12)11(2)7(10)13;1-2-3/h3H,1-2H3,(H,8,9);2H,1H3. The Labute approximate surface area is 90.4 Å². The molecule has 0 bridgehead atoms. The largest absolute Gasteiger partial charge is 0.339 e. The van der Waals surface area contributed by atoms with E-state index < -0.39 is 0 Å². The van der Waals surface area contributed by atoms with E-state index in [0.717, 1.165) is 10.9 Å². The molecule has 2 heterocycles. The number of aromatic nitrogens is 4. The van der Waals surface area contributed by atoms with E-state index in [1.54, 1.807) is 7.05 Å². The van der Waals surface area contributed by atoms with Crippen LogP contribution in [0.5, 0.6) is 0 Å². The summed E-state index contributed by atoms with van der Waals surface area (Å²) < 4.78 is 2.37. The van der Waals surface area contributed by atoms with Crippen LogP contribution >= 0.6 is 0 Å². The SMILES string of the molecule is CC=O.Cn1c(=O)c2[nH]cnc2n(C)c1=O. The Bertz CT molecular complexity index is 620. The fourth-order valence-electron chi connectivity index (χ4n) is 1.27. The van der Waals surface area contributed by atoms with Gasteiger partial charge in [-0.2, -0.15) is 0 Å². The molecule has 0 aromatic carbocycles. The zero-order valence-electron chi connectivity index (χ0n) is 9.22. The second-order valence-electron chi connectivity index (χ2n) is 3.04. The molecule has 16 heavy (non-hydrogen) atoms. The van der Waals surface area contributed by atoms with Gasteiger partial charge in [0.2, 0.25) is 0 Å². The van der Waals surface area contributed by atoms with Gasteiger partial charge in [0, 0.05) is 14.1 Å². The van der Waals surface area contributed by atoms with E-state index in [2.05, 4.69) is 9.97 Å². The third-order valence-corrected chi connectivity index (χ3v) is 2.03. The number of hydrogen-bond acceptors (Lipinski definition) is 4. The molecule has 7 heteroatoms. The maximum atomic E-state index is 11.4. The molecule has 2 rings (SSSR count). The molecule has 0 aliphatic heterocycles. The second-order valence-corrected chi connectivity index (χ2v) is 3.04. The van der Waals surface area contributed by atoms with Gasteiger partial charge in [-0.3, -0.25) is 13.9 Å². The molecule has 7 nitrogen and oxygen atoms in total. The van der Waals surface area contributed by atoms with Crippen molar-refractivity contribution in [1.82, 2.24) is 19.1 Å². The van der Waals surface area contributed by atoms with Crippen LogP contribution in [-0.4, -0.2) is 25.4 Å². The summed E-state index contributed by atoms with van der Waals surface area (Å²) in [6, 6.07) is 0. The van der Waals surface area contributed by atoms with Crippen molar-refractivity contribution in [3.05, 3.63) is 27.2 Å². The number of carbonyl (C=O) groups is 1. The summed E-state index contributed by atoms with van der Waals surface area (Å²) in [7, 11) is 3.01. The first kappa shape index (κ1) is 11.9. The molecule has 0 aliphatic carbocycles. The molecule has 0 radical (unpaired) electrons. The lowest BCUT2D eigenvalue weighted by atomic mass is 10.5. The lowest BCUT2D eigenvalue weighted by Crippen LogP contribution is -2.36. The lowest BCUT2D eigenvalue weighted by molar-refractivity contribution is -0.106. The van der Waals surface area contributed by atoms with Gasteiger partial charge in [0.05, 0.1) is 6.33 Å². The van der Waals surface area contributed by atoms with Gasteiger partial charge in [0.25, 0.3) is 5.56 Å². The molecule has 0 spiro atoms. The van der Waals surface area contributed by atoms with Crippen molar-refractivity contribution in [2.24, 2.45) is 14.1 Å². The number of hydrogen-bond donors (Lipinski definition) is 1. The van der Waals surface area contributed by atoms with Crippen LogP contribution in [0.1, 0.15) is 6.92 Å². The van der Waals surface area contributed by atoms with E-state index in [1.165, 1.54) is 24.9 Å². The topological polar surface area (TPSA) is 89.8 Å². The Morgan fingerprint density at radius 3 is 2.44 bits per heavy atom. The van der Waals surface area contributed by atoms with Gasteiger partial charge >= 0.3 is 5.69 Å². The van der Waals surface area contributed by atoms with Crippen LogP contribution in [-0.2, 0) is 18.9 Å². The smallest absolute Gasteiger partial charge is 0.332 e. The first-order chi connectivity index (χ1) is 7.54. The van der Waals surface area contributed by atoms with Gasteiger partial charge in [-0.15, -0.1) is 0 Å². The van der Waals surface area contributed by atoms with Crippen LogP contribution in [0.4, 0.5) is 0 Å². The Morgan fingerprint density at radius 2 is 1.88 bits per heavy atom. The number of imidazole rings is 1. The van der Waals surface area contributed by atoms with Gasteiger partial charge in [-0.1, -0.05) is 0 Å². The molecular formula is C9H12N4O3. The lowest BCUT2D eigenvalue weighted by Gasteiger charge is -2.00. The summed E-state index contributed by atoms with van der Waals surface area (Å²) in [5.74, 6) is 0. The number of aldehydes is 1. The molecule has 1 N–H and O–H groups in total. The summed E-state index contributed by atoms with van der Waals surface area (Å²) in [4.78, 5) is 38.2. The number of rotatable bonds is 0. The molecule has 0 amide bonds. The quantitative estimate of drug-likeness (QED) is 0.591. The molecule has 0 aliphatic rings. The maximum Gasteiger partial charge on any atom is 0.332 e. The first-order valence-electron chi connectivity index (χ1n) is 4.53. The van der Waals surface area contributed by atoms with Crippen molar-refractivity contribution in [2.45, 2.75) is 6.92 Å². The van der Waals surface area contributed by atoms with Crippen LogP contribution in [0.15, 0.2) is 15.9 Å². The van der Waals surface area contributed by atoms with Gasteiger partial charge in [0.15, 0.2) is 5.65 Å². The van der Waals surface area contributed by atoms with E-state index in [9.17, 15) is 9.59 Å². The van der Waals surface area contributed by atoms with Gasteiger partial charge in [0.1, 0.15) is 11.8 Å². The first-order valence-corrected chi connectivity index (χ1v) is 4.53. The van der Waals surface area contributed by atoms with Crippen molar-refractivity contribution in [1.29, 1.82) is 0 Å². The van der Waals surface area contributed by atoms with E-state index in [0.29, 0.717) is 11.2 Å². The fraction of sp³-hybridized carbons (Fsp3) is 0.333.